The van der Waals surface area contributed by atoms with Crippen LogP contribution in [0.4, 0.5) is 0 Å². The minimum atomic E-state index is -0.285. The fourth-order valence-corrected chi connectivity index (χ4v) is 2.95. The molecule has 1 heterocycles. The summed E-state index contributed by atoms with van der Waals surface area (Å²) in [4.78, 5) is 29.0. The van der Waals surface area contributed by atoms with E-state index in [1.54, 1.807) is 24.3 Å². The lowest BCUT2D eigenvalue weighted by Gasteiger charge is -2.10. The SMILES string of the molecule is CCNC(=O)Cn1c(CNC(=O)c2ccccc2Cl)nc2ccccc21. The molecule has 3 rings (SSSR count). The van der Waals surface area contributed by atoms with Gasteiger partial charge < -0.3 is 15.2 Å². The Labute approximate surface area is 156 Å². The van der Waals surface area contributed by atoms with Crippen molar-refractivity contribution in [1.29, 1.82) is 0 Å². The van der Waals surface area contributed by atoms with Crippen molar-refractivity contribution in [2.45, 2.75) is 20.0 Å². The van der Waals surface area contributed by atoms with Gasteiger partial charge in [-0.15, -0.1) is 0 Å². The maximum Gasteiger partial charge on any atom is 0.253 e. The van der Waals surface area contributed by atoms with Crippen LogP contribution in [0, 0.1) is 0 Å². The molecule has 0 aliphatic rings. The highest BCUT2D eigenvalue weighted by Crippen LogP contribution is 2.17. The maximum absolute atomic E-state index is 12.4. The van der Waals surface area contributed by atoms with Crippen LogP contribution < -0.4 is 10.6 Å². The number of likely N-dealkylation sites (N-methyl/N-ethyl adjacent to an activating group) is 1. The van der Waals surface area contributed by atoms with E-state index in [0.717, 1.165) is 11.0 Å². The van der Waals surface area contributed by atoms with E-state index in [-0.39, 0.29) is 24.9 Å². The fourth-order valence-electron chi connectivity index (χ4n) is 2.73. The highest BCUT2D eigenvalue weighted by molar-refractivity contribution is 6.33. The van der Waals surface area contributed by atoms with Crippen molar-refractivity contribution < 1.29 is 9.59 Å². The number of nitrogens with one attached hydrogen (secondary N) is 2. The van der Waals surface area contributed by atoms with E-state index in [9.17, 15) is 9.59 Å². The van der Waals surface area contributed by atoms with Crippen LogP contribution in [0.2, 0.25) is 5.02 Å². The Hall–Kier alpha value is -2.86. The first kappa shape index (κ1) is 17.9. The van der Waals surface area contributed by atoms with Gasteiger partial charge in [0.1, 0.15) is 12.4 Å². The first-order valence-corrected chi connectivity index (χ1v) is 8.71. The number of hydrogen-bond donors (Lipinski definition) is 2. The third-order valence-corrected chi connectivity index (χ3v) is 4.26. The van der Waals surface area contributed by atoms with Crippen LogP contribution in [-0.2, 0) is 17.9 Å². The molecule has 2 N–H and O–H groups in total. The minimum Gasteiger partial charge on any atom is -0.355 e. The lowest BCUT2D eigenvalue weighted by molar-refractivity contribution is -0.121. The molecule has 2 amide bonds. The molecule has 0 spiro atoms. The normalized spacial score (nSPS) is 10.7. The van der Waals surface area contributed by atoms with E-state index in [4.69, 9.17) is 11.6 Å². The van der Waals surface area contributed by atoms with Crippen LogP contribution in [0.3, 0.4) is 0 Å². The van der Waals surface area contributed by atoms with Gasteiger partial charge in [0.15, 0.2) is 0 Å². The summed E-state index contributed by atoms with van der Waals surface area (Å²) in [7, 11) is 0. The molecule has 0 saturated heterocycles. The Morgan fingerprint density at radius 2 is 1.81 bits per heavy atom. The number of halogens is 1. The molecule has 1 aromatic heterocycles. The smallest absolute Gasteiger partial charge is 0.253 e. The highest BCUT2D eigenvalue weighted by atomic mass is 35.5. The summed E-state index contributed by atoms with van der Waals surface area (Å²) in [6.45, 7) is 2.77. The number of imidazole rings is 1. The summed E-state index contributed by atoms with van der Waals surface area (Å²) in [6.07, 6.45) is 0. The van der Waals surface area contributed by atoms with Crippen molar-refractivity contribution in [2.75, 3.05) is 6.54 Å². The Bertz CT molecular complexity index is 952. The predicted molar refractivity (Wildman–Crippen MR) is 101 cm³/mol. The molecule has 3 aromatic rings. The zero-order valence-corrected chi connectivity index (χ0v) is 15.1. The van der Waals surface area contributed by atoms with Crippen molar-refractivity contribution >= 4 is 34.4 Å². The molecule has 7 heteroatoms. The quantitative estimate of drug-likeness (QED) is 0.700. The first-order valence-electron chi connectivity index (χ1n) is 8.33. The first-order chi connectivity index (χ1) is 12.6. The lowest BCUT2D eigenvalue weighted by atomic mass is 10.2. The summed E-state index contributed by atoms with van der Waals surface area (Å²) in [5, 5.41) is 6.00. The van der Waals surface area contributed by atoms with Crippen LogP contribution in [0.1, 0.15) is 23.1 Å². The van der Waals surface area contributed by atoms with Crippen molar-refractivity contribution in [1.82, 2.24) is 20.2 Å². The summed E-state index contributed by atoms with van der Waals surface area (Å²) >= 11 is 6.07. The van der Waals surface area contributed by atoms with Crippen LogP contribution in [0.15, 0.2) is 48.5 Å². The fraction of sp³-hybridized carbons (Fsp3) is 0.211. The zero-order chi connectivity index (χ0) is 18.5. The summed E-state index contributed by atoms with van der Waals surface area (Å²) in [5.74, 6) is 0.222. The van der Waals surface area contributed by atoms with E-state index >= 15 is 0 Å². The molecule has 26 heavy (non-hydrogen) atoms. The molecule has 134 valence electrons. The number of para-hydroxylation sites is 2. The zero-order valence-electron chi connectivity index (χ0n) is 14.3. The van der Waals surface area contributed by atoms with Gasteiger partial charge in [-0.2, -0.15) is 0 Å². The third kappa shape index (κ3) is 3.86. The van der Waals surface area contributed by atoms with Gasteiger partial charge in [0, 0.05) is 6.54 Å². The van der Waals surface area contributed by atoms with E-state index in [0.29, 0.717) is 23.0 Å². The van der Waals surface area contributed by atoms with E-state index < -0.39 is 0 Å². The molecule has 0 aliphatic heterocycles. The number of aromatic nitrogens is 2. The highest BCUT2D eigenvalue weighted by Gasteiger charge is 2.15. The summed E-state index contributed by atoms with van der Waals surface area (Å²) in [5.41, 5.74) is 2.03. The molecule has 0 bridgehead atoms. The number of hydrogen-bond acceptors (Lipinski definition) is 3. The molecule has 6 nitrogen and oxygen atoms in total. The van der Waals surface area contributed by atoms with Gasteiger partial charge in [-0.05, 0) is 31.2 Å². The number of carbonyl (C=O) groups is 2. The topological polar surface area (TPSA) is 76.0 Å². The van der Waals surface area contributed by atoms with Crippen molar-refractivity contribution in [3.05, 3.63) is 64.9 Å². The van der Waals surface area contributed by atoms with E-state index in [1.807, 2.05) is 35.8 Å². The van der Waals surface area contributed by atoms with Gasteiger partial charge in [0.2, 0.25) is 5.91 Å². The minimum absolute atomic E-state index is 0.102. The van der Waals surface area contributed by atoms with Crippen LogP contribution in [0.5, 0.6) is 0 Å². The molecule has 2 aromatic carbocycles. The molecule has 0 radical (unpaired) electrons. The van der Waals surface area contributed by atoms with Crippen LogP contribution in [-0.4, -0.2) is 27.9 Å². The summed E-state index contributed by atoms with van der Waals surface area (Å²) in [6, 6.07) is 14.4. The number of carbonyl (C=O) groups excluding carboxylic acids is 2. The van der Waals surface area contributed by atoms with E-state index in [1.165, 1.54) is 0 Å². The van der Waals surface area contributed by atoms with Crippen LogP contribution in [0.25, 0.3) is 11.0 Å². The van der Waals surface area contributed by atoms with Gasteiger partial charge in [0.25, 0.3) is 5.91 Å². The van der Waals surface area contributed by atoms with Gasteiger partial charge in [-0.1, -0.05) is 35.9 Å². The van der Waals surface area contributed by atoms with Crippen molar-refractivity contribution in [3.63, 3.8) is 0 Å². The van der Waals surface area contributed by atoms with E-state index in [2.05, 4.69) is 15.6 Å². The van der Waals surface area contributed by atoms with Gasteiger partial charge in [-0.3, -0.25) is 9.59 Å². The van der Waals surface area contributed by atoms with Crippen molar-refractivity contribution in [3.8, 4) is 0 Å². The monoisotopic (exact) mass is 370 g/mol. The molecule has 0 saturated carbocycles. The Morgan fingerprint density at radius 1 is 1.08 bits per heavy atom. The number of amides is 2. The molecular formula is C19H19ClN4O2. The predicted octanol–water partition coefficient (Wildman–Crippen LogP) is 2.76. The number of benzene rings is 2. The second-order valence-electron chi connectivity index (χ2n) is 5.72. The number of nitrogens with zero attached hydrogens (tertiary/aromatic N) is 2. The Morgan fingerprint density at radius 3 is 2.58 bits per heavy atom. The number of rotatable bonds is 6. The number of fused-ring (bicyclic) bond motifs is 1. The Kier molecular flexibility index (Phi) is 5.53. The van der Waals surface area contributed by atoms with Gasteiger partial charge in [-0.25, -0.2) is 4.98 Å². The second-order valence-corrected chi connectivity index (χ2v) is 6.13. The summed E-state index contributed by atoms with van der Waals surface area (Å²) < 4.78 is 1.81. The standard InChI is InChI=1S/C19H19ClN4O2/c1-2-21-18(25)12-24-16-10-6-5-9-15(16)23-17(24)11-22-19(26)13-7-3-4-8-14(13)20/h3-10H,2,11-12H2,1H3,(H,21,25)(H,22,26). The van der Waals surface area contributed by atoms with Gasteiger partial charge >= 0.3 is 0 Å². The molecule has 0 unspecified atom stereocenters. The lowest BCUT2D eigenvalue weighted by Crippen LogP contribution is -2.29. The van der Waals surface area contributed by atoms with Crippen LogP contribution >= 0.6 is 11.6 Å². The Balaban J connectivity index is 1.84. The molecule has 0 atom stereocenters. The largest absolute Gasteiger partial charge is 0.355 e. The second kappa shape index (κ2) is 8.01. The van der Waals surface area contributed by atoms with Crippen molar-refractivity contribution in [2.24, 2.45) is 0 Å². The molecular weight excluding hydrogens is 352 g/mol. The average molecular weight is 371 g/mol. The molecule has 0 fully saturated rings. The maximum atomic E-state index is 12.4. The van der Waals surface area contributed by atoms with Gasteiger partial charge in [0.05, 0.1) is 28.2 Å². The molecule has 0 aliphatic carbocycles. The third-order valence-electron chi connectivity index (χ3n) is 3.93. The average Bonchev–Trinajstić information content (AvgIpc) is 2.98.